The molecule has 7 nitrogen and oxygen atoms in total. The summed E-state index contributed by atoms with van der Waals surface area (Å²) in [6.07, 6.45) is 3.19. The quantitative estimate of drug-likeness (QED) is 0.854. The summed E-state index contributed by atoms with van der Waals surface area (Å²) in [4.78, 5) is 6.26. The van der Waals surface area contributed by atoms with E-state index < -0.39 is 10.0 Å². The Morgan fingerprint density at radius 1 is 1.33 bits per heavy atom. The van der Waals surface area contributed by atoms with Crippen molar-refractivity contribution in [2.45, 2.75) is 36.8 Å². The Labute approximate surface area is 147 Å². The molecular formula is C15H23ClN4O3S. The molecule has 0 amide bonds. The number of nitrogen functional groups attached to an aromatic ring is 1. The Kier molecular flexibility index (Phi) is 5.31. The van der Waals surface area contributed by atoms with Gasteiger partial charge in [-0.2, -0.15) is 4.31 Å². The Balaban J connectivity index is 1.68. The van der Waals surface area contributed by atoms with Crippen molar-refractivity contribution in [2.75, 3.05) is 38.5 Å². The second-order valence-electron chi connectivity index (χ2n) is 6.35. The number of hydrogen-bond donors (Lipinski definition) is 1. The van der Waals surface area contributed by atoms with Gasteiger partial charge in [-0.1, -0.05) is 11.6 Å². The minimum Gasteiger partial charge on any atom is -0.383 e. The molecule has 3 rings (SSSR count). The summed E-state index contributed by atoms with van der Waals surface area (Å²) in [5, 5.41) is 0.264. The standard InChI is InChI=1S/C15H23ClN4O3S/c1-11-10-19(6-7-23-11)13-2-4-20(5-3-13)24(21,22)14-8-12(16)9-18-15(14)17/h8-9,11,13H,2-7,10H2,1H3,(H2,17,18). The van der Waals surface area contributed by atoms with Crippen LogP contribution in [0.2, 0.25) is 5.02 Å². The van der Waals surface area contributed by atoms with E-state index in [1.165, 1.54) is 16.6 Å². The first-order chi connectivity index (χ1) is 11.4. The van der Waals surface area contributed by atoms with Crippen molar-refractivity contribution >= 4 is 27.4 Å². The molecular weight excluding hydrogens is 352 g/mol. The molecule has 0 aliphatic carbocycles. The zero-order valence-electron chi connectivity index (χ0n) is 13.7. The first-order valence-corrected chi connectivity index (χ1v) is 9.96. The van der Waals surface area contributed by atoms with E-state index in [4.69, 9.17) is 22.1 Å². The maximum atomic E-state index is 12.8. The SMILES string of the molecule is CC1CN(C2CCN(S(=O)(=O)c3cc(Cl)cnc3N)CC2)CCO1. The van der Waals surface area contributed by atoms with Crippen LogP contribution in [-0.4, -0.2) is 67.5 Å². The van der Waals surface area contributed by atoms with Crippen molar-refractivity contribution in [3.63, 3.8) is 0 Å². The van der Waals surface area contributed by atoms with Gasteiger partial charge < -0.3 is 10.5 Å². The third-order valence-electron chi connectivity index (χ3n) is 4.68. The molecule has 9 heteroatoms. The van der Waals surface area contributed by atoms with Gasteiger partial charge in [0.2, 0.25) is 10.0 Å². The average molecular weight is 375 g/mol. The Hall–Kier alpha value is -0.930. The first kappa shape index (κ1) is 17.9. The molecule has 134 valence electrons. The number of anilines is 1. The third kappa shape index (κ3) is 3.67. The zero-order valence-corrected chi connectivity index (χ0v) is 15.3. The van der Waals surface area contributed by atoms with Crippen LogP contribution < -0.4 is 5.73 Å². The van der Waals surface area contributed by atoms with Gasteiger partial charge in [-0.25, -0.2) is 13.4 Å². The average Bonchev–Trinajstić information content (AvgIpc) is 2.57. The molecule has 1 atom stereocenters. The van der Waals surface area contributed by atoms with Gasteiger partial charge in [-0.15, -0.1) is 0 Å². The molecule has 2 fully saturated rings. The highest BCUT2D eigenvalue weighted by molar-refractivity contribution is 7.89. The van der Waals surface area contributed by atoms with E-state index in [2.05, 4.69) is 16.8 Å². The lowest BCUT2D eigenvalue weighted by molar-refractivity contribution is -0.0406. The molecule has 1 unspecified atom stereocenters. The van der Waals surface area contributed by atoms with E-state index in [0.717, 1.165) is 32.5 Å². The molecule has 1 aromatic rings. The van der Waals surface area contributed by atoms with Crippen molar-refractivity contribution in [1.82, 2.24) is 14.2 Å². The fourth-order valence-corrected chi connectivity index (χ4v) is 5.19. The number of pyridine rings is 1. The summed E-state index contributed by atoms with van der Waals surface area (Å²) >= 11 is 5.88. The van der Waals surface area contributed by atoms with Crippen LogP contribution in [-0.2, 0) is 14.8 Å². The number of sulfonamides is 1. The Bertz CT molecular complexity index is 692. The number of hydrogen-bond acceptors (Lipinski definition) is 6. The lowest BCUT2D eigenvalue weighted by Gasteiger charge is -2.41. The van der Waals surface area contributed by atoms with E-state index in [-0.39, 0.29) is 21.8 Å². The number of ether oxygens (including phenoxy) is 1. The predicted octanol–water partition coefficient (Wildman–Crippen LogP) is 1.19. The molecule has 3 heterocycles. The second-order valence-corrected chi connectivity index (χ2v) is 8.69. The van der Waals surface area contributed by atoms with Gasteiger partial charge in [0.15, 0.2) is 0 Å². The molecule has 24 heavy (non-hydrogen) atoms. The normalized spacial score (nSPS) is 25.0. The molecule has 0 aromatic carbocycles. The van der Waals surface area contributed by atoms with Crippen LogP contribution >= 0.6 is 11.6 Å². The minimum absolute atomic E-state index is 0.00607. The van der Waals surface area contributed by atoms with E-state index in [1.54, 1.807) is 0 Å². The van der Waals surface area contributed by atoms with Gasteiger partial charge in [0.1, 0.15) is 10.7 Å². The molecule has 0 bridgehead atoms. The van der Waals surface area contributed by atoms with Gasteiger partial charge in [-0.3, -0.25) is 4.90 Å². The maximum Gasteiger partial charge on any atom is 0.246 e. The number of aromatic nitrogens is 1. The number of nitrogens with two attached hydrogens (primary N) is 1. The fraction of sp³-hybridized carbons (Fsp3) is 0.667. The summed E-state index contributed by atoms with van der Waals surface area (Å²) in [7, 11) is -3.66. The highest BCUT2D eigenvalue weighted by Crippen LogP contribution is 2.27. The maximum absolute atomic E-state index is 12.8. The lowest BCUT2D eigenvalue weighted by Crippen LogP contribution is -2.51. The first-order valence-electron chi connectivity index (χ1n) is 8.15. The number of halogens is 1. The van der Waals surface area contributed by atoms with Crippen molar-refractivity contribution in [3.05, 3.63) is 17.3 Å². The number of nitrogens with zero attached hydrogens (tertiary/aromatic N) is 3. The Morgan fingerprint density at radius 2 is 2.04 bits per heavy atom. The molecule has 0 spiro atoms. The Morgan fingerprint density at radius 3 is 2.71 bits per heavy atom. The van der Waals surface area contributed by atoms with Crippen molar-refractivity contribution in [2.24, 2.45) is 0 Å². The predicted molar refractivity (Wildman–Crippen MR) is 92.4 cm³/mol. The van der Waals surface area contributed by atoms with Crippen LogP contribution in [0.3, 0.4) is 0 Å². The van der Waals surface area contributed by atoms with Gasteiger partial charge in [0, 0.05) is 38.4 Å². The van der Waals surface area contributed by atoms with Gasteiger partial charge in [0.05, 0.1) is 17.7 Å². The van der Waals surface area contributed by atoms with E-state index >= 15 is 0 Å². The lowest BCUT2D eigenvalue weighted by atomic mass is 10.0. The van der Waals surface area contributed by atoms with Crippen molar-refractivity contribution in [3.8, 4) is 0 Å². The molecule has 0 saturated carbocycles. The van der Waals surface area contributed by atoms with Crippen LogP contribution in [0, 0.1) is 0 Å². The van der Waals surface area contributed by atoms with Gasteiger partial charge in [-0.05, 0) is 25.8 Å². The van der Waals surface area contributed by atoms with Gasteiger partial charge >= 0.3 is 0 Å². The molecule has 0 radical (unpaired) electrons. The summed E-state index contributed by atoms with van der Waals surface area (Å²) in [5.41, 5.74) is 5.74. The number of piperidine rings is 1. The van der Waals surface area contributed by atoms with Crippen LogP contribution in [0.15, 0.2) is 17.2 Å². The smallest absolute Gasteiger partial charge is 0.246 e. The zero-order chi connectivity index (χ0) is 17.3. The number of rotatable bonds is 3. The molecule has 2 aliphatic heterocycles. The van der Waals surface area contributed by atoms with Crippen LogP contribution in [0.25, 0.3) is 0 Å². The summed E-state index contributed by atoms with van der Waals surface area (Å²) < 4.78 is 32.7. The highest BCUT2D eigenvalue weighted by atomic mass is 35.5. The van der Waals surface area contributed by atoms with Crippen LogP contribution in [0.1, 0.15) is 19.8 Å². The van der Waals surface area contributed by atoms with E-state index in [9.17, 15) is 8.42 Å². The monoisotopic (exact) mass is 374 g/mol. The van der Waals surface area contributed by atoms with E-state index in [1.807, 2.05) is 0 Å². The van der Waals surface area contributed by atoms with Crippen molar-refractivity contribution < 1.29 is 13.2 Å². The second kappa shape index (κ2) is 7.13. The molecule has 2 saturated heterocycles. The van der Waals surface area contributed by atoms with E-state index in [0.29, 0.717) is 19.1 Å². The topological polar surface area (TPSA) is 88.8 Å². The fourth-order valence-electron chi connectivity index (χ4n) is 3.40. The molecule has 2 aliphatic rings. The molecule has 1 aromatic heterocycles. The summed E-state index contributed by atoms with van der Waals surface area (Å²) in [6, 6.07) is 1.77. The largest absolute Gasteiger partial charge is 0.383 e. The van der Waals surface area contributed by atoms with Crippen LogP contribution in [0.4, 0.5) is 5.82 Å². The van der Waals surface area contributed by atoms with Gasteiger partial charge in [0.25, 0.3) is 0 Å². The van der Waals surface area contributed by atoms with Crippen LogP contribution in [0.5, 0.6) is 0 Å². The minimum atomic E-state index is -3.66. The molecule has 2 N–H and O–H groups in total. The summed E-state index contributed by atoms with van der Waals surface area (Å²) in [5.74, 6) is -0.0106. The third-order valence-corrected chi connectivity index (χ3v) is 6.81. The summed E-state index contributed by atoms with van der Waals surface area (Å²) in [6.45, 7) is 5.58. The van der Waals surface area contributed by atoms with Crippen molar-refractivity contribution in [1.29, 1.82) is 0 Å². The highest BCUT2D eigenvalue weighted by Gasteiger charge is 2.34. The number of morpholine rings is 1.